The molecular weight excluding hydrogens is 200 g/mol. The Morgan fingerprint density at radius 1 is 1.47 bits per heavy atom. The number of nitrogens with one attached hydrogen (secondary N) is 1. The molecule has 2 N–H and O–H groups in total. The summed E-state index contributed by atoms with van der Waals surface area (Å²) in [5, 5.41) is 18.8. The van der Waals surface area contributed by atoms with Crippen LogP contribution in [0.5, 0.6) is 0 Å². The number of para-hydroxylation sites is 1. The van der Waals surface area contributed by atoms with Crippen molar-refractivity contribution in [2.45, 2.75) is 0 Å². The van der Waals surface area contributed by atoms with Gasteiger partial charge in [0.1, 0.15) is 0 Å². The molecule has 0 fully saturated rings. The Kier molecular flexibility index (Phi) is 3.53. The maximum Gasteiger partial charge on any atom is 0.276 e. The van der Waals surface area contributed by atoms with Crippen molar-refractivity contribution in [2.24, 2.45) is 0 Å². The lowest BCUT2D eigenvalue weighted by atomic mass is 10.1. The smallest absolute Gasteiger partial charge is 0.276 e. The number of nitrogens with zero attached hydrogens (tertiary/aromatic N) is 1. The Morgan fingerprint density at radius 2 is 2.13 bits per heavy atom. The summed E-state index contributed by atoms with van der Waals surface area (Å²) in [6.07, 6.45) is 2.26. The molecule has 0 saturated heterocycles. The lowest BCUT2D eigenvalue weighted by Gasteiger charge is -1.95. The Morgan fingerprint density at radius 3 is 2.73 bits per heavy atom. The quantitative estimate of drug-likeness (QED) is 0.337. The van der Waals surface area contributed by atoms with Crippen LogP contribution in [0.3, 0.4) is 0 Å². The molecular formula is C9H8N2O4. The normalized spacial score (nSPS) is 10.2. The molecule has 0 bridgehead atoms. The van der Waals surface area contributed by atoms with Gasteiger partial charge in [0.2, 0.25) is 0 Å². The van der Waals surface area contributed by atoms with E-state index in [0.29, 0.717) is 5.56 Å². The highest BCUT2D eigenvalue weighted by Gasteiger charge is 2.09. The minimum absolute atomic E-state index is 0.0977. The second-order valence-electron chi connectivity index (χ2n) is 2.63. The summed E-state index contributed by atoms with van der Waals surface area (Å²) >= 11 is 0. The molecule has 1 aromatic rings. The van der Waals surface area contributed by atoms with Crippen LogP contribution in [0.4, 0.5) is 5.69 Å². The van der Waals surface area contributed by atoms with Crippen molar-refractivity contribution in [3.8, 4) is 0 Å². The second kappa shape index (κ2) is 4.87. The summed E-state index contributed by atoms with van der Waals surface area (Å²) < 4.78 is 0. The van der Waals surface area contributed by atoms with Gasteiger partial charge in [0.25, 0.3) is 11.6 Å². The fourth-order valence-corrected chi connectivity index (χ4v) is 0.997. The molecule has 0 aliphatic rings. The number of hydroxylamine groups is 1. The third kappa shape index (κ3) is 2.89. The van der Waals surface area contributed by atoms with Crippen LogP contribution in [-0.2, 0) is 4.79 Å². The summed E-state index contributed by atoms with van der Waals surface area (Å²) in [4.78, 5) is 20.7. The molecule has 6 nitrogen and oxygen atoms in total. The first kappa shape index (κ1) is 10.9. The van der Waals surface area contributed by atoms with Crippen molar-refractivity contribution in [1.82, 2.24) is 5.48 Å². The molecule has 0 heterocycles. The van der Waals surface area contributed by atoms with Gasteiger partial charge in [-0.15, -0.1) is 0 Å². The molecule has 1 rings (SSSR count). The van der Waals surface area contributed by atoms with E-state index in [-0.39, 0.29) is 5.69 Å². The van der Waals surface area contributed by atoms with Crippen molar-refractivity contribution in [2.75, 3.05) is 0 Å². The Balaban J connectivity index is 2.99. The molecule has 0 aromatic heterocycles. The van der Waals surface area contributed by atoms with Gasteiger partial charge in [-0.3, -0.25) is 20.1 Å². The van der Waals surface area contributed by atoms with Crippen LogP contribution < -0.4 is 5.48 Å². The molecule has 0 unspecified atom stereocenters. The van der Waals surface area contributed by atoms with Crippen LogP contribution in [0.25, 0.3) is 6.08 Å². The van der Waals surface area contributed by atoms with Gasteiger partial charge < -0.3 is 0 Å². The van der Waals surface area contributed by atoms with E-state index < -0.39 is 10.8 Å². The van der Waals surface area contributed by atoms with Crippen LogP contribution in [0, 0.1) is 10.1 Å². The number of nitro benzene ring substituents is 1. The first-order valence-corrected chi connectivity index (χ1v) is 4.00. The number of hydrogen-bond donors (Lipinski definition) is 2. The highest BCUT2D eigenvalue weighted by molar-refractivity contribution is 5.91. The van der Waals surface area contributed by atoms with Crippen molar-refractivity contribution in [3.63, 3.8) is 0 Å². The number of nitro groups is 1. The van der Waals surface area contributed by atoms with E-state index in [4.69, 9.17) is 5.21 Å². The van der Waals surface area contributed by atoms with Gasteiger partial charge in [-0.25, -0.2) is 5.48 Å². The summed E-state index contributed by atoms with van der Waals surface area (Å²) in [7, 11) is 0. The number of benzene rings is 1. The molecule has 1 amide bonds. The number of carbonyl (C=O) groups excluding carboxylic acids is 1. The molecule has 0 aliphatic heterocycles. The standard InChI is InChI=1S/C9H8N2O4/c12-9(10-13)6-5-7-3-1-2-4-8(7)11(14)15/h1-6,13H,(H,10,12). The number of carbonyl (C=O) groups is 1. The van der Waals surface area contributed by atoms with Crippen molar-refractivity contribution in [3.05, 3.63) is 46.0 Å². The van der Waals surface area contributed by atoms with Gasteiger partial charge in [-0.1, -0.05) is 12.1 Å². The minimum atomic E-state index is -0.742. The van der Waals surface area contributed by atoms with E-state index in [1.165, 1.54) is 29.8 Å². The van der Waals surface area contributed by atoms with Gasteiger partial charge in [0, 0.05) is 12.1 Å². The molecule has 6 heteroatoms. The Bertz CT molecular complexity index is 414. The topological polar surface area (TPSA) is 92.5 Å². The summed E-state index contributed by atoms with van der Waals surface area (Å²) in [6, 6.07) is 5.97. The zero-order valence-electron chi connectivity index (χ0n) is 7.58. The van der Waals surface area contributed by atoms with Gasteiger partial charge in [0.15, 0.2) is 0 Å². The third-order valence-electron chi connectivity index (χ3n) is 1.66. The average Bonchev–Trinajstić information content (AvgIpc) is 2.26. The van der Waals surface area contributed by atoms with Crippen molar-refractivity contribution in [1.29, 1.82) is 0 Å². The number of hydrogen-bond acceptors (Lipinski definition) is 4. The maximum absolute atomic E-state index is 10.6. The fraction of sp³-hybridized carbons (Fsp3) is 0. The highest BCUT2D eigenvalue weighted by atomic mass is 16.6. The van der Waals surface area contributed by atoms with Crippen molar-refractivity contribution >= 4 is 17.7 Å². The average molecular weight is 208 g/mol. The molecule has 0 spiro atoms. The monoisotopic (exact) mass is 208 g/mol. The number of rotatable bonds is 3. The number of amides is 1. The molecule has 0 aliphatic carbocycles. The van der Waals surface area contributed by atoms with E-state index in [1.54, 1.807) is 6.07 Å². The third-order valence-corrected chi connectivity index (χ3v) is 1.66. The van der Waals surface area contributed by atoms with Crippen LogP contribution in [0.2, 0.25) is 0 Å². The van der Waals surface area contributed by atoms with Gasteiger partial charge in [-0.05, 0) is 12.1 Å². The summed E-state index contributed by atoms with van der Waals surface area (Å²) in [6.45, 7) is 0. The largest absolute Gasteiger partial charge is 0.288 e. The minimum Gasteiger partial charge on any atom is -0.288 e. The Labute approximate surface area is 84.9 Å². The lowest BCUT2D eigenvalue weighted by Crippen LogP contribution is -2.14. The summed E-state index contributed by atoms with van der Waals surface area (Å²) in [5.74, 6) is -0.742. The molecule has 0 radical (unpaired) electrons. The van der Waals surface area contributed by atoms with E-state index in [9.17, 15) is 14.9 Å². The predicted octanol–water partition coefficient (Wildman–Crippen LogP) is 1.11. The predicted molar refractivity (Wildman–Crippen MR) is 52.1 cm³/mol. The molecule has 0 atom stereocenters. The van der Waals surface area contributed by atoms with Gasteiger partial charge in [-0.2, -0.15) is 0 Å². The van der Waals surface area contributed by atoms with Crippen LogP contribution in [0.1, 0.15) is 5.56 Å². The van der Waals surface area contributed by atoms with Gasteiger partial charge >= 0.3 is 0 Å². The molecule has 1 aromatic carbocycles. The zero-order valence-corrected chi connectivity index (χ0v) is 7.58. The second-order valence-corrected chi connectivity index (χ2v) is 2.63. The van der Waals surface area contributed by atoms with Crippen molar-refractivity contribution < 1.29 is 14.9 Å². The van der Waals surface area contributed by atoms with E-state index in [0.717, 1.165) is 6.08 Å². The SMILES string of the molecule is O=C(C=Cc1ccccc1[N+](=O)[O-])NO. The molecule has 15 heavy (non-hydrogen) atoms. The van der Waals surface area contributed by atoms with Crippen LogP contribution >= 0.6 is 0 Å². The maximum atomic E-state index is 10.6. The van der Waals surface area contributed by atoms with E-state index in [2.05, 4.69) is 0 Å². The molecule has 0 saturated carbocycles. The fourth-order valence-electron chi connectivity index (χ4n) is 0.997. The van der Waals surface area contributed by atoms with Crippen LogP contribution in [-0.4, -0.2) is 16.0 Å². The highest BCUT2D eigenvalue weighted by Crippen LogP contribution is 2.18. The molecule has 78 valence electrons. The van der Waals surface area contributed by atoms with E-state index >= 15 is 0 Å². The first-order valence-electron chi connectivity index (χ1n) is 4.00. The Hall–Kier alpha value is -2.21. The van der Waals surface area contributed by atoms with E-state index in [1.807, 2.05) is 0 Å². The first-order chi connectivity index (χ1) is 7.15. The van der Waals surface area contributed by atoms with Gasteiger partial charge in [0.05, 0.1) is 10.5 Å². The van der Waals surface area contributed by atoms with Crippen LogP contribution in [0.15, 0.2) is 30.3 Å². The summed E-state index contributed by atoms with van der Waals surface area (Å²) in [5.41, 5.74) is 1.59. The lowest BCUT2D eigenvalue weighted by molar-refractivity contribution is -0.385. The zero-order chi connectivity index (χ0) is 11.3.